The molecule has 0 aliphatic carbocycles. The maximum absolute atomic E-state index is 10.5. The van der Waals surface area contributed by atoms with Crippen molar-refractivity contribution < 1.29 is 14.5 Å². The first-order valence-electron chi connectivity index (χ1n) is 5.15. The Kier molecular flexibility index (Phi) is 3.09. The van der Waals surface area contributed by atoms with Crippen molar-refractivity contribution in [3.05, 3.63) is 52.3 Å². The Hall–Kier alpha value is -2.63. The summed E-state index contributed by atoms with van der Waals surface area (Å²) >= 11 is 0. The number of non-ortho nitro benzene ring substituents is 1. The van der Waals surface area contributed by atoms with Gasteiger partial charge in [-0.1, -0.05) is 5.16 Å². The molecule has 0 aliphatic rings. The van der Waals surface area contributed by atoms with Gasteiger partial charge in [-0.25, -0.2) is 0 Å². The summed E-state index contributed by atoms with van der Waals surface area (Å²) in [6, 6.07) is 9.41. The van der Waals surface area contributed by atoms with Gasteiger partial charge in [0.25, 0.3) is 5.69 Å². The van der Waals surface area contributed by atoms with Gasteiger partial charge in [0.05, 0.1) is 4.92 Å². The molecule has 1 aromatic carbocycles. The van der Waals surface area contributed by atoms with Crippen LogP contribution in [0.25, 0.3) is 11.3 Å². The minimum absolute atomic E-state index is 0.0265. The number of benzene rings is 1. The fraction of sp³-hybridized carbons (Fsp3) is 0.0833. The first kappa shape index (κ1) is 11.8. The van der Waals surface area contributed by atoms with E-state index in [0.29, 0.717) is 17.2 Å². The van der Waals surface area contributed by atoms with Crippen molar-refractivity contribution in [2.45, 2.75) is 6.92 Å². The first-order valence-corrected chi connectivity index (χ1v) is 5.15. The smallest absolute Gasteiger partial charge is 0.269 e. The van der Waals surface area contributed by atoms with Gasteiger partial charge in [0.15, 0.2) is 5.76 Å². The van der Waals surface area contributed by atoms with Crippen LogP contribution in [0.15, 0.2) is 46.0 Å². The summed E-state index contributed by atoms with van der Waals surface area (Å²) in [5, 5.41) is 22.2. The molecule has 0 atom stereocenters. The van der Waals surface area contributed by atoms with E-state index in [4.69, 9.17) is 9.62 Å². The molecule has 0 fully saturated rings. The molecule has 1 heterocycles. The summed E-state index contributed by atoms with van der Waals surface area (Å²) < 4.78 is 5.46. The lowest BCUT2D eigenvalue weighted by Crippen LogP contribution is -1.90. The van der Waals surface area contributed by atoms with Gasteiger partial charge in [-0.2, -0.15) is 0 Å². The molecule has 0 saturated heterocycles. The molecule has 0 aliphatic heterocycles. The van der Waals surface area contributed by atoms with Crippen molar-refractivity contribution in [2.24, 2.45) is 5.16 Å². The number of oxime groups is 1. The van der Waals surface area contributed by atoms with Crippen LogP contribution in [0.4, 0.5) is 5.69 Å². The van der Waals surface area contributed by atoms with Gasteiger partial charge in [0, 0.05) is 17.7 Å². The van der Waals surface area contributed by atoms with Gasteiger partial charge in [0.2, 0.25) is 0 Å². The zero-order valence-electron chi connectivity index (χ0n) is 9.53. The van der Waals surface area contributed by atoms with E-state index in [1.807, 2.05) is 0 Å². The first-order chi connectivity index (χ1) is 8.61. The van der Waals surface area contributed by atoms with E-state index in [2.05, 4.69) is 5.16 Å². The summed E-state index contributed by atoms with van der Waals surface area (Å²) in [4.78, 5) is 10.1. The molecule has 6 heteroatoms. The minimum atomic E-state index is -0.458. The topological polar surface area (TPSA) is 88.9 Å². The fourth-order valence-corrected chi connectivity index (χ4v) is 1.48. The lowest BCUT2D eigenvalue weighted by Gasteiger charge is -1.97. The molecule has 1 aromatic heterocycles. The molecule has 0 amide bonds. The van der Waals surface area contributed by atoms with E-state index < -0.39 is 4.92 Å². The van der Waals surface area contributed by atoms with E-state index >= 15 is 0 Å². The number of rotatable bonds is 3. The highest BCUT2D eigenvalue weighted by Crippen LogP contribution is 2.24. The summed E-state index contributed by atoms with van der Waals surface area (Å²) in [6.07, 6.45) is 0. The molecule has 1 N–H and O–H groups in total. The number of hydrogen-bond donors (Lipinski definition) is 1. The summed E-state index contributed by atoms with van der Waals surface area (Å²) in [6.45, 7) is 1.61. The number of nitrogens with zero attached hydrogens (tertiary/aromatic N) is 2. The summed E-state index contributed by atoms with van der Waals surface area (Å²) in [5.41, 5.74) is 1.11. The average Bonchev–Trinajstić information content (AvgIpc) is 2.87. The highest BCUT2D eigenvalue weighted by molar-refractivity contribution is 5.96. The van der Waals surface area contributed by atoms with Crippen molar-refractivity contribution in [1.29, 1.82) is 0 Å². The molecule has 0 saturated carbocycles. The molecule has 6 nitrogen and oxygen atoms in total. The Balaban J connectivity index is 2.32. The second-order valence-corrected chi connectivity index (χ2v) is 3.65. The quantitative estimate of drug-likeness (QED) is 0.390. The summed E-state index contributed by atoms with van der Waals surface area (Å²) in [5.74, 6) is 1.01. The number of nitro groups is 1. The van der Waals surface area contributed by atoms with Crippen molar-refractivity contribution >= 4 is 11.4 Å². The Bertz CT molecular complexity index is 599. The highest BCUT2D eigenvalue weighted by atomic mass is 16.6. The Morgan fingerprint density at radius 1 is 1.28 bits per heavy atom. The van der Waals surface area contributed by atoms with Gasteiger partial charge < -0.3 is 9.62 Å². The second-order valence-electron chi connectivity index (χ2n) is 3.65. The van der Waals surface area contributed by atoms with Crippen molar-refractivity contribution in [3.8, 4) is 11.3 Å². The van der Waals surface area contributed by atoms with Crippen LogP contribution in [0.5, 0.6) is 0 Å². The predicted molar refractivity (Wildman–Crippen MR) is 64.8 cm³/mol. The molecule has 92 valence electrons. The third-order valence-electron chi connectivity index (χ3n) is 2.48. The largest absolute Gasteiger partial charge is 0.455 e. The van der Waals surface area contributed by atoms with E-state index in [1.54, 1.807) is 31.2 Å². The monoisotopic (exact) mass is 246 g/mol. The van der Waals surface area contributed by atoms with E-state index in [1.165, 1.54) is 12.1 Å². The predicted octanol–water partition coefficient (Wildman–Crippen LogP) is 3.05. The van der Waals surface area contributed by atoms with Crippen molar-refractivity contribution in [3.63, 3.8) is 0 Å². The zero-order chi connectivity index (χ0) is 13.1. The molecule has 2 aromatic rings. The van der Waals surface area contributed by atoms with Crippen LogP contribution in [0.3, 0.4) is 0 Å². The highest BCUT2D eigenvalue weighted by Gasteiger charge is 2.09. The second kappa shape index (κ2) is 4.70. The Morgan fingerprint density at radius 2 is 1.94 bits per heavy atom. The molecule has 0 spiro atoms. The van der Waals surface area contributed by atoms with E-state index in [9.17, 15) is 10.1 Å². The lowest BCUT2D eigenvalue weighted by molar-refractivity contribution is -0.384. The number of nitro benzene ring substituents is 1. The molecular formula is C12H10N2O4. The van der Waals surface area contributed by atoms with Crippen molar-refractivity contribution in [2.75, 3.05) is 0 Å². The number of hydrogen-bond acceptors (Lipinski definition) is 5. The van der Waals surface area contributed by atoms with E-state index in [-0.39, 0.29) is 5.69 Å². The third-order valence-corrected chi connectivity index (χ3v) is 2.48. The van der Waals surface area contributed by atoms with Crippen LogP contribution in [-0.4, -0.2) is 15.8 Å². The third kappa shape index (κ3) is 2.22. The molecule has 18 heavy (non-hydrogen) atoms. The minimum Gasteiger partial charge on any atom is -0.455 e. The van der Waals surface area contributed by atoms with Gasteiger partial charge in [-0.3, -0.25) is 10.1 Å². The number of furan rings is 1. The van der Waals surface area contributed by atoms with Crippen LogP contribution in [0.1, 0.15) is 12.7 Å². The van der Waals surface area contributed by atoms with Gasteiger partial charge in [-0.05, 0) is 31.2 Å². The molecule has 0 unspecified atom stereocenters. The fourth-order valence-electron chi connectivity index (χ4n) is 1.48. The van der Waals surface area contributed by atoms with Gasteiger partial charge in [-0.15, -0.1) is 0 Å². The maximum Gasteiger partial charge on any atom is 0.269 e. The zero-order valence-corrected chi connectivity index (χ0v) is 9.53. The van der Waals surface area contributed by atoms with Crippen LogP contribution >= 0.6 is 0 Å². The normalized spacial score (nSPS) is 11.5. The van der Waals surface area contributed by atoms with Crippen LogP contribution in [-0.2, 0) is 0 Å². The lowest BCUT2D eigenvalue weighted by atomic mass is 10.1. The maximum atomic E-state index is 10.5. The van der Waals surface area contributed by atoms with Crippen molar-refractivity contribution in [1.82, 2.24) is 0 Å². The molecule has 0 bridgehead atoms. The average molecular weight is 246 g/mol. The SMILES string of the molecule is C/C(=N\O)c1ccc(-c2ccc([N+](=O)[O-])cc2)o1. The Morgan fingerprint density at radius 3 is 2.50 bits per heavy atom. The van der Waals surface area contributed by atoms with Crippen LogP contribution in [0.2, 0.25) is 0 Å². The summed E-state index contributed by atoms with van der Waals surface area (Å²) in [7, 11) is 0. The molecule has 0 radical (unpaired) electrons. The Labute approximate surface area is 102 Å². The van der Waals surface area contributed by atoms with Gasteiger partial charge in [0.1, 0.15) is 11.5 Å². The van der Waals surface area contributed by atoms with Crippen LogP contribution in [0, 0.1) is 10.1 Å². The molecular weight excluding hydrogens is 236 g/mol. The standard InChI is InChI=1S/C12H10N2O4/c1-8(13-15)11-6-7-12(18-11)9-2-4-10(5-3-9)14(16)17/h2-7,15H,1H3/b13-8+. The van der Waals surface area contributed by atoms with Crippen LogP contribution < -0.4 is 0 Å². The molecule has 2 rings (SSSR count). The van der Waals surface area contributed by atoms with Gasteiger partial charge >= 0.3 is 0 Å². The van der Waals surface area contributed by atoms with E-state index in [0.717, 1.165) is 5.56 Å².